The summed E-state index contributed by atoms with van der Waals surface area (Å²) in [5.41, 5.74) is 0. The number of carbonyl (C=O) groups excluding carboxylic acids is 1. The van der Waals surface area contributed by atoms with Gasteiger partial charge in [0, 0.05) is 0 Å². The number of imidazole rings is 1. The average molecular weight is 238 g/mol. The van der Waals surface area contributed by atoms with E-state index in [0.717, 1.165) is 19.4 Å². The number of unbranched alkanes of at least 4 members (excludes halogenated alkanes) is 1. The molecule has 1 atom stereocenters. The Morgan fingerprint density at radius 2 is 2.24 bits per heavy atom. The topological polar surface area (TPSA) is 48.9 Å². The van der Waals surface area contributed by atoms with E-state index in [9.17, 15) is 9.90 Å². The summed E-state index contributed by atoms with van der Waals surface area (Å²) >= 11 is 0. The molecule has 0 aliphatic heterocycles. The molecule has 0 radical (unpaired) electrons. The molecule has 1 aromatic heterocycles. The van der Waals surface area contributed by atoms with Gasteiger partial charge in [0.15, 0.2) is 5.97 Å². The Morgan fingerprint density at radius 1 is 1.53 bits per heavy atom. The van der Waals surface area contributed by atoms with Crippen molar-refractivity contribution >= 4 is 5.97 Å². The third-order valence-electron chi connectivity index (χ3n) is 3.26. The van der Waals surface area contributed by atoms with Gasteiger partial charge in [-0.2, -0.15) is 0 Å². The lowest BCUT2D eigenvalue weighted by molar-refractivity contribution is -0.707. The number of carbonyl (C=O) groups is 1. The molecule has 1 heterocycles. The zero-order valence-corrected chi connectivity index (χ0v) is 11.0. The van der Waals surface area contributed by atoms with Crippen molar-refractivity contribution in [1.29, 1.82) is 0 Å². The number of aromatic nitrogens is 2. The Labute approximate surface area is 103 Å². The highest BCUT2D eigenvalue weighted by Gasteiger charge is 2.18. The molecule has 0 aromatic carbocycles. The van der Waals surface area contributed by atoms with Crippen LogP contribution < -0.4 is 9.67 Å². The largest absolute Gasteiger partial charge is 0.538 e. The van der Waals surface area contributed by atoms with Crippen LogP contribution in [0.15, 0.2) is 12.4 Å². The predicted octanol–water partition coefficient (Wildman–Crippen LogP) is 0.893. The first-order chi connectivity index (χ1) is 8.10. The second kappa shape index (κ2) is 6.42. The van der Waals surface area contributed by atoms with Crippen molar-refractivity contribution in [2.24, 2.45) is 13.0 Å². The van der Waals surface area contributed by atoms with E-state index in [1.807, 2.05) is 6.20 Å². The van der Waals surface area contributed by atoms with Crippen LogP contribution in [0.1, 0.15) is 50.1 Å². The lowest BCUT2D eigenvalue weighted by Gasteiger charge is -2.13. The van der Waals surface area contributed by atoms with Crippen molar-refractivity contribution in [3.05, 3.63) is 18.2 Å². The van der Waals surface area contributed by atoms with Crippen LogP contribution in [-0.4, -0.2) is 10.5 Å². The molecule has 0 N–H and O–H groups in total. The van der Waals surface area contributed by atoms with Gasteiger partial charge in [0.25, 0.3) is 0 Å². The lowest BCUT2D eigenvalue weighted by atomic mass is 9.99. The molecular weight excluding hydrogens is 216 g/mol. The number of nitrogens with zero attached hydrogens (tertiary/aromatic N) is 2. The standard InChI is InChI=1S/C13H22N2O2/c1-4-6-7-11(5-2)10-15-9-8-14(3)12(15)13(16)17/h8-9,11H,4-7,10H2,1-3H3. The summed E-state index contributed by atoms with van der Waals surface area (Å²) in [6.07, 6.45) is 8.20. The van der Waals surface area contributed by atoms with Gasteiger partial charge < -0.3 is 9.90 Å². The molecular formula is C13H22N2O2. The number of aromatic carboxylic acids is 1. The fraction of sp³-hybridized carbons (Fsp3) is 0.692. The van der Waals surface area contributed by atoms with Crippen molar-refractivity contribution in [2.75, 3.05) is 0 Å². The quantitative estimate of drug-likeness (QED) is 0.662. The molecule has 1 aromatic rings. The minimum atomic E-state index is -1.11. The van der Waals surface area contributed by atoms with E-state index in [0.29, 0.717) is 5.92 Å². The van der Waals surface area contributed by atoms with E-state index in [1.165, 1.54) is 12.8 Å². The molecule has 4 heteroatoms. The van der Waals surface area contributed by atoms with Gasteiger partial charge in [0.1, 0.15) is 12.4 Å². The summed E-state index contributed by atoms with van der Waals surface area (Å²) in [5.74, 6) is -0.316. The van der Waals surface area contributed by atoms with Gasteiger partial charge in [0.05, 0.1) is 13.6 Å². The Balaban J connectivity index is 2.75. The predicted molar refractivity (Wildman–Crippen MR) is 63.2 cm³/mol. The smallest absolute Gasteiger partial charge is 0.304 e. The Bertz CT molecular complexity index is 371. The van der Waals surface area contributed by atoms with E-state index in [-0.39, 0.29) is 5.82 Å². The molecule has 0 saturated carbocycles. The third kappa shape index (κ3) is 3.58. The van der Waals surface area contributed by atoms with Crippen molar-refractivity contribution in [3.8, 4) is 0 Å². The Hall–Kier alpha value is -1.32. The summed E-state index contributed by atoms with van der Waals surface area (Å²) in [6.45, 7) is 5.10. The van der Waals surface area contributed by atoms with Crippen LogP contribution in [0.2, 0.25) is 0 Å². The third-order valence-corrected chi connectivity index (χ3v) is 3.26. The maximum absolute atomic E-state index is 11.0. The summed E-state index contributed by atoms with van der Waals surface area (Å²) in [6, 6.07) is 0. The van der Waals surface area contributed by atoms with E-state index in [4.69, 9.17) is 0 Å². The summed E-state index contributed by atoms with van der Waals surface area (Å²) in [4.78, 5) is 11.0. The summed E-state index contributed by atoms with van der Waals surface area (Å²) in [7, 11) is 1.73. The summed E-state index contributed by atoms with van der Waals surface area (Å²) < 4.78 is 3.39. The highest BCUT2D eigenvalue weighted by atomic mass is 16.4. The van der Waals surface area contributed by atoms with Crippen LogP contribution in [-0.2, 0) is 13.6 Å². The van der Waals surface area contributed by atoms with Crippen LogP contribution in [0.25, 0.3) is 0 Å². The first kappa shape index (κ1) is 13.7. The Kier molecular flexibility index (Phi) is 5.19. The van der Waals surface area contributed by atoms with Gasteiger partial charge in [-0.05, 0) is 18.8 Å². The van der Waals surface area contributed by atoms with Crippen molar-refractivity contribution in [1.82, 2.24) is 4.57 Å². The van der Waals surface area contributed by atoms with E-state index in [2.05, 4.69) is 13.8 Å². The van der Waals surface area contributed by atoms with Gasteiger partial charge in [-0.1, -0.05) is 26.7 Å². The maximum atomic E-state index is 11.0. The first-order valence-corrected chi connectivity index (χ1v) is 6.36. The van der Waals surface area contributed by atoms with Gasteiger partial charge in [-0.25, -0.2) is 9.13 Å². The number of rotatable bonds is 7. The van der Waals surface area contributed by atoms with Crippen LogP contribution in [0.3, 0.4) is 0 Å². The van der Waals surface area contributed by atoms with Gasteiger partial charge in [0.2, 0.25) is 0 Å². The number of carboxylic acids is 1. The highest BCUT2D eigenvalue weighted by Crippen LogP contribution is 2.12. The highest BCUT2D eigenvalue weighted by molar-refractivity contribution is 5.79. The molecule has 1 unspecified atom stereocenters. The minimum absolute atomic E-state index is 0.250. The number of hydrogen-bond acceptors (Lipinski definition) is 2. The molecule has 1 rings (SSSR count). The second-order valence-electron chi connectivity index (χ2n) is 4.59. The van der Waals surface area contributed by atoms with Gasteiger partial charge in [-0.3, -0.25) is 0 Å². The molecule has 0 aliphatic rings. The molecule has 0 amide bonds. The van der Waals surface area contributed by atoms with Gasteiger partial charge >= 0.3 is 5.82 Å². The number of aryl methyl sites for hydroxylation is 1. The maximum Gasteiger partial charge on any atom is 0.304 e. The van der Waals surface area contributed by atoms with Crippen LogP contribution >= 0.6 is 0 Å². The number of carboxylic acid groups (broad SMARTS) is 1. The molecule has 4 nitrogen and oxygen atoms in total. The zero-order valence-electron chi connectivity index (χ0n) is 11.0. The molecule has 17 heavy (non-hydrogen) atoms. The lowest BCUT2D eigenvalue weighted by Crippen LogP contribution is -2.46. The first-order valence-electron chi connectivity index (χ1n) is 6.36. The SMILES string of the molecule is CCCCC(CC)C[n+]1ccn(C)c1C(=O)[O-]. The van der Waals surface area contributed by atoms with Crippen molar-refractivity contribution in [2.45, 2.75) is 46.1 Å². The van der Waals surface area contributed by atoms with E-state index >= 15 is 0 Å². The molecule has 0 saturated heterocycles. The molecule has 0 bridgehead atoms. The molecule has 0 spiro atoms. The molecule has 0 aliphatic carbocycles. The van der Waals surface area contributed by atoms with E-state index in [1.54, 1.807) is 22.4 Å². The minimum Gasteiger partial charge on any atom is -0.538 e. The van der Waals surface area contributed by atoms with Crippen LogP contribution in [0.5, 0.6) is 0 Å². The van der Waals surface area contributed by atoms with Crippen molar-refractivity contribution < 1.29 is 14.5 Å². The van der Waals surface area contributed by atoms with Gasteiger partial charge in [-0.15, -0.1) is 0 Å². The van der Waals surface area contributed by atoms with Crippen molar-refractivity contribution in [3.63, 3.8) is 0 Å². The summed E-state index contributed by atoms with van der Waals surface area (Å²) in [5, 5.41) is 11.0. The Morgan fingerprint density at radius 3 is 2.76 bits per heavy atom. The van der Waals surface area contributed by atoms with E-state index < -0.39 is 5.97 Å². The fourth-order valence-electron chi connectivity index (χ4n) is 2.13. The van der Waals surface area contributed by atoms with Crippen LogP contribution in [0.4, 0.5) is 0 Å². The molecule has 0 fully saturated rings. The fourth-order valence-corrected chi connectivity index (χ4v) is 2.13. The second-order valence-corrected chi connectivity index (χ2v) is 4.59. The zero-order chi connectivity index (χ0) is 12.8. The monoisotopic (exact) mass is 238 g/mol. The molecule has 96 valence electrons. The number of hydrogen-bond donors (Lipinski definition) is 0. The average Bonchev–Trinajstić information content (AvgIpc) is 2.65. The van der Waals surface area contributed by atoms with Crippen LogP contribution in [0, 0.1) is 5.92 Å². The normalized spacial score (nSPS) is 12.6.